The lowest BCUT2D eigenvalue weighted by atomic mass is 9.80. The second-order valence-corrected chi connectivity index (χ2v) is 5.71. The van der Waals surface area contributed by atoms with Gasteiger partial charge in [0.2, 0.25) is 0 Å². The van der Waals surface area contributed by atoms with Gasteiger partial charge in [-0.1, -0.05) is 13.8 Å². The van der Waals surface area contributed by atoms with Gasteiger partial charge in [0.25, 0.3) is 5.91 Å². The van der Waals surface area contributed by atoms with Crippen LogP contribution < -0.4 is 5.32 Å². The topological polar surface area (TPSA) is 69.6 Å². The molecule has 3 N–H and O–H groups in total. The van der Waals surface area contributed by atoms with Crippen molar-refractivity contribution in [3.8, 4) is 11.5 Å². The number of amides is 1. The standard InChI is InChI=1S/C15H21NO3/c1-9-3-4-14(10(2)5-9)16-15(19)11-6-12(17)8-13(18)7-11/h6-10,14,17-18H,3-5H2,1-2H3,(H,16,19). The molecule has 1 amide bonds. The molecule has 4 heteroatoms. The third-order valence-corrected chi connectivity index (χ3v) is 3.91. The van der Waals surface area contributed by atoms with Crippen LogP contribution in [-0.2, 0) is 0 Å². The molecular weight excluding hydrogens is 242 g/mol. The summed E-state index contributed by atoms with van der Waals surface area (Å²) in [6.45, 7) is 4.39. The van der Waals surface area contributed by atoms with Crippen LogP contribution in [0.4, 0.5) is 0 Å². The van der Waals surface area contributed by atoms with Crippen LogP contribution in [0.5, 0.6) is 11.5 Å². The fraction of sp³-hybridized carbons (Fsp3) is 0.533. The molecule has 1 aromatic rings. The quantitative estimate of drug-likeness (QED) is 0.768. The predicted octanol–water partition coefficient (Wildman–Crippen LogP) is 2.65. The molecule has 0 radical (unpaired) electrons. The Morgan fingerprint density at radius 2 is 1.79 bits per heavy atom. The fourth-order valence-corrected chi connectivity index (χ4v) is 2.86. The zero-order valence-electron chi connectivity index (χ0n) is 11.4. The minimum Gasteiger partial charge on any atom is -0.508 e. The number of phenols is 2. The molecule has 0 spiro atoms. The summed E-state index contributed by atoms with van der Waals surface area (Å²) < 4.78 is 0. The van der Waals surface area contributed by atoms with Crippen LogP contribution in [0.15, 0.2) is 18.2 Å². The number of benzene rings is 1. The Morgan fingerprint density at radius 1 is 1.16 bits per heavy atom. The van der Waals surface area contributed by atoms with E-state index < -0.39 is 0 Å². The van der Waals surface area contributed by atoms with Crippen LogP contribution in [0.2, 0.25) is 0 Å². The van der Waals surface area contributed by atoms with E-state index in [1.54, 1.807) is 0 Å². The highest BCUT2D eigenvalue weighted by molar-refractivity contribution is 5.95. The second kappa shape index (κ2) is 5.51. The number of hydrogen-bond donors (Lipinski definition) is 3. The minimum absolute atomic E-state index is 0.101. The minimum atomic E-state index is -0.238. The van der Waals surface area contributed by atoms with E-state index in [0.29, 0.717) is 17.4 Å². The lowest BCUT2D eigenvalue weighted by Gasteiger charge is -2.33. The number of carbonyl (C=O) groups excluding carboxylic acids is 1. The first-order chi connectivity index (χ1) is 8.95. The van der Waals surface area contributed by atoms with Crippen molar-refractivity contribution >= 4 is 5.91 Å². The summed E-state index contributed by atoms with van der Waals surface area (Å²) in [6, 6.07) is 4.12. The van der Waals surface area contributed by atoms with Gasteiger partial charge in [0.05, 0.1) is 0 Å². The first-order valence-electron chi connectivity index (χ1n) is 6.79. The van der Waals surface area contributed by atoms with Gasteiger partial charge >= 0.3 is 0 Å². The van der Waals surface area contributed by atoms with Crippen molar-refractivity contribution in [3.63, 3.8) is 0 Å². The van der Waals surface area contributed by atoms with Crippen LogP contribution in [0, 0.1) is 11.8 Å². The summed E-state index contributed by atoms with van der Waals surface area (Å²) in [5.74, 6) is 0.732. The molecule has 2 rings (SSSR count). The molecule has 19 heavy (non-hydrogen) atoms. The third-order valence-electron chi connectivity index (χ3n) is 3.91. The maximum Gasteiger partial charge on any atom is 0.251 e. The summed E-state index contributed by atoms with van der Waals surface area (Å²) in [4.78, 5) is 12.1. The van der Waals surface area contributed by atoms with E-state index in [1.165, 1.54) is 18.2 Å². The normalized spacial score (nSPS) is 26.9. The number of hydrogen-bond acceptors (Lipinski definition) is 3. The van der Waals surface area contributed by atoms with Crippen molar-refractivity contribution in [2.75, 3.05) is 0 Å². The van der Waals surface area contributed by atoms with Crippen LogP contribution in [0.25, 0.3) is 0 Å². The highest BCUT2D eigenvalue weighted by Gasteiger charge is 2.26. The number of nitrogens with one attached hydrogen (secondary N) is 1. The molecule has 3 unspecified atom stereocenters. The smallest absolute Gasteiger partial charge is 0.251 e. The van der Waals surface area contributed by atoms with Crippen molar-refractivity contribution in [2.45, 2.75) is 39.2 Å². The van der Waals surface area contributed by atoms with Gasteiger partial charge in [-0.15, -0.1) is 0 Å². The Hall–Kier alpha value is -1.71. The zero-order valence-corrected chi connectivity index (χ0v) is 11.4. The lowest BCUT2D eigenvalue weighted by Crippen LogP contribution is -2.42. The van der Waals surface area contributed by atoms with Gasteiger partial charge in [0.1, 0.15) is 11.5 Å². The summed E-state index contributed by atoms with van der Waals surface area (Å²) in [7, 11) is 0. The molecule has 1 saturated carbocycles. The largest absolute Gasteiger partial charge is 0.508 e. The average Bonchev–Trinajstić information content (AvgIpc) is 2.31. The molecule has 1 aliphatic carbocycles. The number of phenolic OH excluding ortho intramolecular Hbond substituents is 2. The molecule has 0 heterocycles. The SMILES string of the molecule is CC1CCC(NC(=O)c2cc(O)cc(O)c2)C(C)C1. The van der Waals surface area contributed by atoms with Gasteiger partial charge in [0.15, 0.2) is 0 Å². The van der Waals surface area contributed by atoms with Crippen molar-refractivity contribution in [3.05, 3.63) is 23.8 Å². The summed E-state index contributed by atoms with van der Waals surface area (Å²) in [6.07, 6.45) is 3.23. The van der Waals surface area contributed by atoms with Crippen molar-refractivity contribution < 1.29 is 15.0 Å². The van der Waals surface area contributed by atoms with E-state index in [1.807, 2.05) is 0 Å². The van der Waals surface area contributed by atoms with Gasteiger partial charge in [0, 0.05) is 17.7 Å². The number of rotatable bonds is 2. The van der Waals surface area contributed by atoms with E-state index >= 15 is 0 Å². The van der Waals surface area contributed by atoms with E-state index in [-0.39, 0.29) is 23.4 Å². The maximum absolute atomic E-state index is 12.1. The Labute approximate surface area is 113 Å². The first kappa shape index (κ1) is 13.7. The average molecular weight is 263 g/mol. The van der Waals surface area contributed by atoms with Crippen molar-refractivity contribution in [2.24, 2.45) is 11.8 Å². The molecule has 1 fully saturated rings. The Balaban J connectivity index is 2.04. The van der Waals surface area contributed by atoms with E-state index in [9.17, 15) is 15.0 Å². The Kier molecular flexibility index (Phi) is 3.98. The zero-order chi connectivity index (χ0) is 14.0. The van der Waals surface area contributed by atoms with Gasteiger partial charge in [-0.3, -0.25) is 4.79 Å². The molecule has 1 aliphatic rings. The monoisotopic (exact) mass is 263 g/mol. The predicted molar refractivity (Wildman–Crippen MR) is 73.2 cm³/mol. The summed E-state index contributed by atoms with van der Waals surface area (Å²) >= 11 is 0. The molecule has 0 bridgehead atoms. The first-order valence-corrected chi connectivity index (χ1v) is 6.79. The molecule has 104 valence electrons. The van der Waals surface area contributed by atoms with Gasteiger partial charge in [-0.2, -0.15) is 0 Å². The number of aromatic hydroxyl groups is 2. The Morgan fingerprint density at radius 3 is 2.37 bits per heavy atom. The van der Waals surface area contributed by atoms with E-state index in [0.717, 1.165) is 19.3 Å². The van der Waals surface area contributed by atoms with Crippen molar-refractivity contribution in [1.82, 2.24) is 5.32 Å². The van der Waals surface area contributed by atoms with Crippen LogP contribution in [0.1, 0.15) is 43.5 Å². The summed E-state index contributed by atoms with van der Waals surface area (Å²) in [5, 5.41) is 21.8. The fourth-order valence-electron chi connectivity index (χ4n) is 2.86. The third kappa shape index (κ3) is 3.40. The molecule has 4 nitrogen and oxygen atoms in total. The maximum atomic E-state index is 12.1. The van der Waals surface area contributed by atoms with E-state index in [4.69, 9.17) is 0 Å². The van der Waals surface area contributed by atoms with Crippen LogP contribution in [0.3, 0.4) is 0 Å². The highest BCUT2D eigenvalue weighted by atomic mass is 16.3. The molecule has 0 aromatic heterocycles. The van der Waals surface area contributed by atoms with Crippen molar-refractivity contribution in [1.29, 1.82) is 0 Å². The molecular formula is C15H21NO3. The molecule has 0 saturated heterocycles. The molecule has 1 aromatic carbocycles. The second-order valence-electron chi connectivity index (χ2n) is 5.71. The van der Waals surface area contributed by atoms with Gasteiger partial charge in [-0.25, -0.2) is 0 Å². The molecule has 0 aliphatic heterocycles. The van der Waals surface area contributed by atoms with E-state index in [2.05, 4.69) is 19.2 Å². The van der Waals surface area contributed by atoms with Crippen LogP contribution in [-0.4, -0.2) is 22.2 Å². The van der Waals surface area contributed by atoms with Gasteiger partial charge < -0.3 is 15.5 Å². The summed E-state index contributed by atoms with van der Waals surface area (Å²) in [5.41, 5.74) is 0.295. The highest BCUT2D eigenvalue weighted by Crippen LogP contribution is 2.29. The van der Waals surface area contributed by atoms with Gasteiger partial charge in [-0.05, 0) is 43.2 Å². The van der Waals surface area contributed by atoms with Crippen LogP contribution >= 0.6 is 0 Å². The lowest BCUT2D eigenvalue weighted by molar-refractivity contribution is 0.0899. The number of carbonyl (C=O) groups is 1. The Bertz CT molecular complexity index is 452. The molecule has 3 atom stereocenters.